The number of hydrogen-bond donors (Lipinski definition) is 2. The van der Waals surface area contributed by atoms with E-state index in [1.54, 1.807) is 23.1 Å². The molecule has 0 bridgehead atoms. The van der Waals surface area contributed by atoms with E-state index in [1.165, 1.54) is 6.07 Å². The molecule has 1 fully saturated rings. The summed E-state index contributed by atoms with van der Waals surface area (Å²) in [7, 11) is 0. The van der Waals surface area contributed by atoms with Crippen molar-refractivity contribution >= 4 is 6.03 Å². The van der Waals surface area contributed by atoms with Crippen LogP contribution in [0, 0.1) is 5.82 Å². The van der Waals surface area contributed by atoms with Crippen molar-refractivity contribution in [2.75, 3.05) is 13.2 Å². The molecule has 1 atom stereocenters. The predicted molar refractivity (Wildman–Crippen MR) is 94.6 cm³/mol. The number of amides is 2. The third kappa shape index (κ3) is 4.57. The van der Waals surface area contributed by atoms with Gasteiger partial charge in [0.2, 0.25) is 0 Å². The van der Waals surface area contributed by atoms with E-state index in [-0.39, 0.29) is 24.5 Å². The van der Waals surface area contributed by atoms with Crippen LogP contribution < -0.4 is 5.32 Å². The van der Waals surface area contributed by atoms with Gasteiger partial charge in [0, 0.05) is 18.2 Å². The maximum atomic E-state index is 14.3. The Labute approximate surface area is 147 Å². The molecule has 0 aliphatic heterocycles. The standard InChI is InChI=1S/C20H23FN2O2/c21-18-9-5-4-8-17(18)19(14-15-6-2-1-3-7-15)22-20(25)23(12-13-24)16-10-11-16/h1-9,16,19,24H,10-14H2,(H,22,25). The SMILES string of the molecule is O=C(NC(Cc1ccccc1)c1ccccc1F)N(CCO)C1CC1. The summed E-state index contributed by atoms with van der Waals surface area (Å²) in [5.74, 6) is -0.330. The largest absolute Gasteiger partial charge is 0.395 e. The van der Waals surface area contributed by atoms with E-state index in [4.69, 9.17) is 0 Å². The topological polar surface area (TPSA) is 52.6 Å². The van der Waals surface area contributed by atoms with Crippen molar-refractivity contribution in [2.45, 2.75) is 31.3 Å². The molecular formula is C20H23FN2O2. The van der Waals surface area contributed by atoms with E-state index in [0.29, 0.717) is 18.5 Å². The summed E-state index contributed by atoms with van der Waals surface area (Å²) in [4.78, 5) is 14.3. The minimum atomic E-state index is -0.462. The summed E-state index contributed by atoms with van der Waals surface area (Å²) in [5.41, 5.74) is 1.50. The number of urea groups is 1. The Hall–Kier alpha value is -2.40. The summed E-state index contributed by atoms with van der Waals surface area (Å²) in [6.45, 7) is 0.221. The third-order valence-electron chi connectivity index (χ3n) is 4.45. The molecule has 1 unspecified atom stereocenters. The molecule has 2 aromatic rings. The van der Waals surface area contributed by atoms with Crippen LogP contribution in [-0.2, 0) is 6.42 Å². The van der Waals surface area contributed by atoms with Gasteiger partial charge in [-0.15, -0.1) is 0 Å². The minimum Gasteiger partial charge on any atom is -0.395 e. The van der Waals surface area contributed by atoms with Gasteiger partial charge in [0.05, 0.1) is 12.6 Å². The Morgan fingerprint density at radius 2 is 1.84 bits per heavy atom. The third-order valence-corrected chi connectivity index (χ3v) is 4.45. The molecular weight excluding hydrogens is 319 g/mol. The fraction of sp³-hybridized carbons (Fsp3) is 0.350. The monoisotopic (exact) mass is 342 g/mol. The van der Waals surface area contributed by atoms with Crippen LogP contribution in [0.1, 0.15) is 30.0 Å². The van der Waals surface area contributed by atoms with E-state index in [9.17, 15) is 14.3 Å². The normalized spacial score (nSPS) is 14.8. The smallest absolute Gasteiger partial charge is 0.318 e. The van der Waals surface area contributed by atoms with Crippen LogP contribution >= 0.6 is 0 Å². The van der Waals surface area contributed by atoms with Crippen LogP contribution in [-0.4, -0.2) is 35.2 Å². The lowest BCUT2D eigenvalue weighted by Gasteiger charge is -2.26. The van der Waals surface area contributed by atoms with E-state index in [1.807, 2.05) is 30.3 Å². The molecule has 2 amide bonds. The first-order valence-corrected chi connectivity index (χ1v) is 8.65. The summed E-state index contributed by atoms with van der Waals surface area (Å²) in [6.07, 6.45) is 2.41. The second-order valence-corrected chi connectivity index (χ2v) is 6.36. The molecule has 0 radical (unpaired) electrons. The second-order valence-electron chi connectivity index (χ2n) is 6.36. The molecule has 132 valence electrons. The zero-order valence-electron chi connectivity index (χ0n) is 14.1. The van der Waals surface area contributed by atoms with Crippen LogP contribution in [0.4, 0.5) is 9.18 Å². The number of hydrogen-bond acceptors (Lipinski definition) is 2. The summed E-state index contributed by atoms with van der Waals surface area (Å²) >= 11 is 0. The lowest BCUT2D eigenvalue weighted by molar-refractivity contribution is 0.170. The van der Waals surface area contributed by atoms with Gasteiger partial charge in [-0.2, -0.15) is 0 Å². The molecule has 0 saturated heterocycles. The van der Waals surface area contributed by atoms with Gasteiger partial charge in [0.1, 0.15) is 5.82 Å². The fourth-order valence-electron chi connectivity index (χ4n) is 3.02. The molecule has 0 aromatic heterocycles. The van der Waals surface area contributed by atoms with Crippen molar-refractivity contribution in [3.05, 3.63) is 71.5 Å². The highest BCUT2D eigenvalue weighted by Gasteiger charge is 2.33. The van der Waals surface area contributed by atoms with E-state index in [2.05, 4.69) is 5.32 Å². The minimum absolute atomic E-state index is 0.0764. The van der Waals surface area contributed by atoms with E-state index < -0.39 is 6.04 Å². The number of benzene rings is 2. The molecule has 0 heterocycles. The van der Waals surface area contributed by atoms with Crippen LogP contribution in [0.3, 0.4) is 0 Å². The molecule has 1 aliphatic rings. The highest BCUT2D eigenvalue weighted by atomic mass is 19.1. The Bertz CT molecular complexity index is 704. The number of nitrogens with one attached hydrogen (secondary N) is 1. The number of carbonyl (C=O) groups is 1. The first kappa shape index (κ1) is 17.4. The van der Waals surface area contributed by atoms with E-state index in [0.717, 1.165) is 18.4 Å². The summed E-state index contributed by atoms with van der Waals surface area (Å²) in [6, 6.07) is 15.7. The van der Waals surface area contributed by atoms with Gasteiger partial charge in [-0.3, -0.25) is 0 Å². The number of halogens is 1. The second kappa shape index (κ2) is 8.12. The summed E-state index contributed by atoms with van der Waals surface area (Å²) in [5, 5.41) is 12.2. The van der Waals surface area contributed by atoms with Gasteiger partial charge < -0.3 is 15.3 Å². The van der Waals surface area contributed by atoms with Crippen LogP contribution in [0.5, 0.6) is 0 Å². The number of rotatable bonds is 7. The zero-order valence-corrected chi connectivity index (χ0v) is 14.1. The molecule has 0 spiro atoms. The Morgan fingerprint density at radius 1 is 1.16 bits per heavy atom. The Balaban J connectivity index is 1.80. The van der Waals surface area contributed by atoms with Crippen molar-refractivity contribution in [1.82, 2.24) is 10.2 Å². The van der Waals surface area contributed by atoms with E-state index >= 15 is 0 Å². The highest BCUT2D eigenvalue weighted by molar-refractivity contribution is 5.75. The van der Waals surface area contributed by atoms with Gasteiger partial charge in [-0.05, 0) is 30.9 Å². The number of nitrogens with zero attached hydrogens (tertiary/aromatic N) is 1. The molecule has 4 nitrogen and oxygen atoms in total. The van der Waals surface area contributed by atoms with Crippen LogP contribution in [0.25, 0.3) is 0 Å². The lowest BCUT2D eigenvalue weighted by Crippen LogP contribution is -2.44. The first-order chi connectivity index (χ1) is 12.2. The summed E-state index contributed by atoms with van der Waals surface area (Å²) < 4.78 is 14.3. The zero-order chi connectivity index (χ0) is 17.6. The van der Waals surface area contributed by atoms with Crippen LogP contribution in [0.15, 0.2) is 54.6 Å². The van der Waals surface area contributed by atoms with Crippen molar-refractivity contribution in [1.29, 1.82) is 0 Å². The Morgan fingerprint density at radius 3 is 2.48 bits per heavy atom. The lowest BCUT2D eigenvalue weighted by atomic mass is 9.98. The number of aliphatic hydroxyl groups is 1. The molecule has 1 saturated carbocycles. The molecule has 2 aromatic carbocycles. The molecule has 3 rings (SSSR count). The Kier molecular flexibility index (Phi) is 5.66. The van der Waals surface area contributed by atoms with Gasteiger partial charge in [-0.25, -0.2) is 9.18 Å². The molecule has 1 aliphatic carbocycles. The van der Waals surface area contributed by atoms with Crippen molar-refractivity contribution in [3.63, 3.8) is 0 Å². The average molecular weight is 342 g/mol. The quantitative estimate of drug-likeness (QED) is 0.811. The van der Waals surface area contributed by atoms with Gasteiger partial charge >= 0.3 is 6.03 Å². The first-order valence-electron chi connectivity index (χ1n) is 8.65. The molecule has 2 N–H and O–H groups in total. The highest BCUT2D eigenvalue weighted by Crippen LogP contribution is 2.28. The predicted octanol–water partition coefficient (Wildman–Crippen LogP) is 3.28. The maximum absolute atomic E-state index is 14.3. The number of carbonyl (C=O) groups excluding carboxylic acids is 1. The van der Waals surface area contributed by atoms with Crippen molar-refractivity contribution < 1.29 is 14.3 Å². The van der Waals surface area contributed by atoms with Gasteiger partial charge in [0.25, 0.3) is 0 Å². The maximum Gasteiger partial charge on any atom is 0.318 e. The van der Waals surface area contributed by atoms with Crippen molar-refractivity contribution in [2.24, 2.45) is 0 Å². The van der Waals surface area contributed by atoms with Gasteiger partial charge in [-0.1, -0.05) is 48.5 Å². The average Bonchev–Trinajstić information content (AvgIpc) is 3.45. The van der Waals surface area contributed by atoms with Crippen LogP contribution in [0.2, 0.25) is 0 Å². The fourth-order valence-corrected chi connectivity index (χ4v) is 3.02. The molecule has 5 heteroatoms. The molecule has 25 heavy (non-hydrogen) atoms. The number of aliphatic hydroxyl groups excluding tert-OH is 1. The van der Waals surface area contributed by atoms with Gasteiger partial charge in [0.15, 0.2) is 0 Å². The van der Waals surface area contributed by atoms with Crippen molar-refractivity contribution in [3.8, 4) is 0 Å².